The Bertz CT molecular complexity index is 342. The summed E-state index contributed by atoms with van der Waals surface area (Å²) in [7, 11) is 0. The van der Waals surface area contributed by atoms with Crippen LogP contribution in [0.15, 0.2) is 18.2 Å². The lowest BCUT2D eigenvalue weighted by molar-refractivity contribution is 0.0421. The first-order valence-corrected chi connectivity index (χ1v) is 4.00. The van der Waals surface area contributed by atoms with E-state index >= 15 is 0 Å². The predicted octanol–water partition coefficient (Wildman–Crippen LogP) is 2.23. The molecular weight excluding hydrogens is 152 g/mol. The molecule has 1 aromatic carbocycles. The van der Waals surface area contributed by atoms with E-state index in [2.05, 4.69) is 0 Å². The molecule has 1 atom stereocenters. The average Bonchev–Trinajstić information content (AvgIpc) is 2.29. The quantitative estimate of drug-likeness (QED) is 0.547. The molecule has 62 valence electrons. The Morgan fingerprint density at radius 2 is 2.17 bits per heavy atom. The smallest absolute Gasteiger partial charge is 0.339 e. The summed E-state index contributed by atoms with van der Waals surface area (Å²) in [6.07, 6.45) is -0.0765. The Morgan fingerprint density at radius 1 is 1.42 bits per heavy atom. The number of fused-ring (bicyclic) bond motifs is 1. The minimum absolute atomic E-state index is 0.0765. The number of ether oxygens (including phenoxy) is 1. The Kier molecular flexibility index (Phi) is 1.43. The Morgan fingerprint density at radius 3 is 2.83 bits per heavy atom. The zero-order valence-electron chi connectivity index (χ0n) is 7.13. The van der Waals surface area contributed by atoms with Crippen molar-refractivity contribution in [2.45, 2.75) is 20.0 Å². The van der Waals surface area contributed by atoms with Gasteiger partial charge in [0.05, 0.1) is 5.56 Å². The van der Waals surface area contributed by atoms with Crippen molar-refractivity contribution in [1.82, 2.24) is 0 Å². The number of benzene rings is 1. The van der Waals surface area contributed by atoms with Crippen molar-refractivity contribution in [3.8, 4) is 0 Å². The van der Waals surface area contributed by atoms with Crippen molar-refractivity contribution in [2.75, 3.05) is 0 Å². The van der Waals surface area contributed by atoms with E-state index in [1.54, 1.807) is 0 Å². The van der Waals surface area contributed by atoms with Gasteiger partial charge in [-0.1, -0.05) is 18.2 Å². The maximum Gasteiger partial charge on any atom is 0.339 e. The lowest BCUT2D eigenvalue weighted by Crippen LogP contribution is -1.96. The molecule has 1 aliphatic rings. The lowest BCUT2D eigenvalue weighted by atomic mass is 10.0. The fraction of sp³-hybridized carbons (Fsp3) is 0.300. The van der Waals surface area contributed by atoms with E-state index in [0.29, 0.717) is 0 Å². The number of hydrogen-bond acceptors (Lipinski definition) is 2. The maximum atomic E-state index is 11.3. The summed E-state index contributed by atoms with van der Waals surface area (Å²) in [5.74, 6) is -0.185. The van der Waals surface area contributed by atoms with Crippen molar-refractivity contribution < 1.29 is 9.53 Å². The number of aryl methyl sites for hydroxylation is 1. The van der Waals surface area contributed by atoms with Gasteiger partial charge in [-0.15, -0.1) is 0 Å². The van der Waals surface area contributed by atoms with Gasteiger partial charge in [-0.2, -0.15) is 0 Å². The van der Waals surface area contributed by atoms with Gasteiger partial charge in [0, 0.05) is 5.56 Å². The molecular formula is C10H10O2. The lowest BCUT2D eigenvalue weighted by Gasteiger charge is -2.01. The van der Waals surface area contributed by atoms with Crippen molar-refractivity contribution in [3.05, 3.63) is 34.9 Å². The summed E-state index contributed by atoms with van der Waals surface area (Å²) in [6, 6.07) is 5.82. The van der Waals surface area contributed by atoms with E-state index in [0.717, 1.165) is 16.7 Å². The second kappa shape index (κ2) is 2.34. The minimum Gasteiger partial charge on any atom is -0.454 e. The van der Waals surface area contributed by atoms with Crippen molar-refractivity contribution in [3.63, 3.8) is 0 Å². The first-order chi connectivity index (χ1) is 5.70. The highest BCUT2D eigenvalue weighted by Gasteiger charge is 2.28. The number of cyclic esters (lactones) is 1. The zero-order valence-corrected chi connectivity index (χ0v) is 7.13. The normalized spacial score (nSPS) is 20.5. The monoisotopic (exact) mass is 162 g/mol. The number of hydrogen-bond donors (Lipinski definition) is 0. The Hall–Kier alpha value is -1.31. The van der Waals surface area contributed by atoms with Gasteiger partial charge in [0.15, 0.2) is 0 Å². The molecule has 0 aromatic heterocycles. The number of carbonyl (C=O) groups excluding carboxylic acids is 1. The van der Waals surface area contributed by atoms with Gasteiger partial charge in [0.2, 0.25) is 0 Å². The van der Waals surface area contributed by atoms with E-state index < -0.39 is 0 Å². The molecule has 12 heavy (non-hydrogen) atoms. The maximum absolute atomic E-state index is 11.3. The molecule has 0 saturated carbocycles. The highest BCUT2D eigenvalue weighted by molar-refractivity contribution is 5.95. The molecule has 0 amide bonds. The van der Waals surface area contributed by atoms with Crippen molar-refractivity contribution in [2.24, 2.45) is 0 Å². The van der Waals surface area contributed by atoms with E-state index in [4.69, 9.17) is 4.74 Å². The van der Waals surface area contributed by atoms with E-state index in [1.807, 2.05) is 32.0 Å². The topological polar surface area (TPSA) is 26.3 Å². The summed E-state index contributed by atoms with van der Waals surface area (Å²) in [4.78, 5) is 11.3. The molecule has 2 nitrogen and oxygen atoms in total. The summed E-state index contributed by atoms with van der Waals surface area (Å²) in [5.41, 5.74) is 2.77. The van der Waals surface area contributed by atoms with Crippen LogP contribution in [0.2, 0.25) is 0 Å². The number of esters is 1. The summed E-state index contributed by atoms with van der Waals surface area (Å²) < 4.78 is 5.07. The molecule has 1 aliphatic heterocycles. The fourth-order valence-electron chi connectivity index (χ4n) is 1.59. The third-order valence-electron chi connectivity index (χ3n) is 2.23. The molecule has 1 aromatic rings. The van der Waals surface area contributed by atoms with Crippen LogP contribution < -0.4 is 0 Å². The van der Waals surface area contributed by atoms with Gasteiger partial charge in [-0.3, -0.25) is 0 Å². The molecule has 1 heterocycles. The van der Waals surface area contributed by atoms with Crippen LogP contribution in [-0.2, 0) is 4.74 Å². The molecule has 0 radical (unpaired) electrons. The summed E-state index contributed by atoms with van der Waals surface area (Å²) >= 11 is 0. The Labute approximate surface area is 71.2 Å². The SMILES string of the molecule is Cc1cccc2c1C(=O)OC2C. The second-order valence-corrected chi connectivity index (χ2v) is 3.09. The molecule has 0 N–H and O–H groups in total. The van der Waals surface area contributed by atoms with E-state index in [-0.39, 0.29) is 12.1 Å². The highest BCUT2D eigenvalue weighted by atomic mass is 16.5. The van der Waals surface area contributed by atoms with Crippen LogP contribution in [0.5, 0.6) is 0 Å². The standard InChI is InChI=1S/C10H10O2/c1-6-4-3-5-8-7(2)12-10(11)9(6)8/h3-5,7H,1-2H3. The van der Waals surface area contributed by atoms with Gasteiger partial charge in [0.1, 0.15) is 6.10 Å². The van der Waals surface area contributed by atoms with Gasteiger partial charge >= 0.3 is 5.97 Å². The highest BCUT2D eigenvalue weighted by Crippen LogP contribution is 2.31. The molecule has 0 fully saturated rings. The van der Waals surface area contributed by atoms with Crippen molar-refractivity contribution >= 4 is 5.97 Å². The Balaban J connectivity index is 2.67. The fourth-order valence-corrected chi connectivity index (χ4v) is 1.59. The molecule has 0 saturated heterocycles. The van der Waals surface area contributed by atoms with Gasteiger partial charge in [-0.25, -0.2) is 4.79 Å². The first-order valence-electron chi connectivity index (χ1n) is 4.00. The third kappa shape index (κ3) is 0.843. The molecule has 1 unspecified atom stereocenters. The largest absolute Gasteiger partial charge is 0.454 e. The van der Waals surface area contributed by atoms with Crippen LogP contribution in [0.1, 0.15) is 34.5 Å². The van der Waals surface area contributed by atoms with Crippen LogP contribution in [0.4, 0.5) is 0 Å². The van der Waals surface area contributed by atoms with E-state index in [9.17, 15) is 4.79 Å². The summed E-state index contributed by atoms with van der Waals surface area (Å²) in [5, 5.41) is 0. The van der Waals surface area contributed by atoms with Crippen LogP contribution in [0.25, 0.3) is 0 Å². The van der Waals surface area contributed by atoms with Gasteiger partial charge < -0.3 is 4.74 Å². The third-order valence-corrected chi connectivity index (χ3v) is 2.23. The molecule has 0 aliphatic carbocycles. The molecule has 2 rings (SSSR count). The van der Waals surface area contributed by atoms with E-state index in [1.165, 1.54) is 0 Å². The van der Waals surface area contributed by atoms with Crippen LogP contribution in [0.3, 0.4) is 0 Å². The molecule has 0 spiro atoms. The van der Waals surface area contributed by atoms with Crippen LogP contribution in [0, 0.1) is 6.92 Å². The zero-order chi connectivity index (χ0) is 8.72. The number of rotatable bonds is 0. The van der Waals surface area contributed by atoms with Gasteiger partial charge in [0.25, 0.3) is 0 Å². The molecule has 2 heteroatoms. The molecule has 0 bridgehead atoms. The second-order valence-electron chi connectivity index (χ2n) is 3.09. The minimum atomic E-state index is -0.185. The number of carbonyl (C=O) groups is 1. The summed E-state index contributed by atoms with van der Waals surface area (Å²) in [6.45, 7) is 3.82. The first kappa shape index (κ1) is 7.35. The van der Waals surface area contributed by atoms with Gasteiger partial charge in [-0.05, 0) is 19.4 Å². The van der Waals surface area contributed by atoms with Crippen LogP contribution in [-0.4, -0.2) is 5.97 Å². The average molecular weight is 162 g/mol. The van der Waals surface area contributed by atoms with Crippen LogP contribution >= 0.6 is 0 Å². The predicted molar refractivity (Wildman–Crippen MR) is 45.0 cm³/mol. The van der Waals surface area contributed by atoms with Crippen molar-refractivity contribution in [1.29, 1.82) is 0 Å².